The van der Waals surface area contributed by atoms with Gasteiger partial charge in [-0.05, 0) is 0 Å². The van der Waals surface area contributed by atoms with Gasteiger partial charge in [0.1, 0.15) is 11.6 Å². The van der Waals surface area contributed by atoms with Crippen molar-refractivity contribution < 1.29 is 18.8 Å². The minimum Gasteiger partial charge on any atom is -0.610 e. The van der Waals surface area contributed by atoms with Gasteiger partial charge in [-0.15, -0.1) is 0 Å². The van der Waals surface area contributed by atoms with Gasteiger partial charge < -0.3 is 23.7 Å². The molecule has 1 aliphatic heterocycles. The van der Waals surface area contributed by atoms with Crippen LogP contribution in [0.25, 0.3) is 11.0 Å². The summed E-state index contributed by atoms with van der Waals surface area (Å²) in [5, 5.41) is 1.46. The molecule has 1 aliphatic rings. The van der Waals surface area contributed by atoms with E-state index in [0.717, 1.165) is 24.3 Å². The Labute approximate surface area is 137 Å². The highest BCUT2D eigenvalue weighted by molar-refractivity contribution is 7.91. The Hall–Kier alpha value is -1.55. The van der Waals surface area contributed by atoms with Crippen molar-refractivity contribution in [3.05, 3.63) is 6.07 Å². The number of fused-ring (bicyclic) bond motifs is 1. The third kappa shape index (κ3) is 3.52. The van der Waals surface area contributed by atoms with E-state index in [1.54, 1.807) is 7.11 Å². The molecule has 1 fully saturated rings. The van der Waals surface area contributed by atoms with Crippen LogP contribution in [0.1, 0.15) is 0 Å². The second kappa shape index (κ2) is 7.35. The van der Waals surface area contributed by atoms with Gasteiger partial charge in [-0.2, -0.15) is 9.97 Å². The molecule has 8 nitrogen and oxygen atoms in total. The van der Waals surface area contributed by atoms with Crippen molar-refractivity contribution in [1.29, 1.82) is 0 Å². The van der Waals surface area contributed by atoms with Crippen LogP contribution in [-0.4, -0.2) is 72.4 Å². The third-order valence-corrected chi connectivity index (χ3v) is 4.88. The number of nitrogens with one attached hydrogen (secondary N) is 1. The quantitative estimate of drug-likeness (QED) is 0.768. The minimum atomic E-state index is -1.17. The molecule has 9 heteroatoms. The Morgan fingerprint density at radius 3 is 2.83 bits per heavy atom. The summed E-state index contributed by atoms with van der Waals surface area (Å²) in [5.41, 5.74) is 0.624. The fourth-order valence-corrected chi connectivity index (χ4v) is 3.45. The zero-order chi connectivity index (χ0) is 16.2. The highest BCUT2D eigenvalue weighted by Gasteiger charge is 2.22. The fourth-order valence-electron chi connectivity index (χ4n) is 2.45. The summed E-state index contributed by atoms with van der Waals surface area (Å²) in [4.78, 5) is 14.0. The molecule has 0 amide bonds. The zero-order valence-electron chi connectivity index (χ0n) is 13.2. The van der Waals surface area contributed by atoms with Crippen molar-refractivity contribution in [2.24, 2.45) is 0 Å². The maximum absolute atomic E-state index is 12.3. The SMILES string of the molecule is COCC[S+]([O-])c1cc2c(N3CCOCC3)nc(OC)nc2[nH]1. The molecule has 126 valence electrons. The fraction of sp³-hybridized carbons (Fsp3) is 0.571. The average Bonchev–Trinajstić information content (AvgIpc) is 3.03. The van der Waals surface area contributed by atoms with E-state index in [1.165, 1.54) is 7.11 Å². The van der Waals surface area contributed by atoms with Crippen LogP contribution in [0, 0.1) is 0 Å². The van der Waals surface area contributed by atoms with E-state index < -0.39 is 11.2 Å². The van der Waals surface area contributed by atoms with Gasteiger partial charge in [-0.3, -0.25) is 4.98 Å². The van der Waals surface area contributed by atoms with E-state index in [2.05, 4.69) is 19.9 Å². The van der Waals surface area contributed by atoms with Crippen molar-refractivity contribution in [2.45, 2.75) is 5.03 Å². The Bertz CT molecular complexity index is 660. The molecule has 1 atom stereocenters. The number of anilines is 1. The van der Waals surface area contributed by atoms with Gasteiger partial charge in [0, 0.05) is 37.4 Å². The summed E-state index contributed by atoms with van der Waals surface area (Å²) in [7, 11) is 3.13. The maximum Gasteiger partial charge on any atom is 0.320 e. The van der Waals surface area contributed by atoms with Gasteiger partial charge in [0.25, 0.3) is 0 Å². The molecule has 23 heavy (non-hydrogen) atoms. The summed E-state index contributed by atoms with van der Waals surface area (Å²) in [5.74, 6) is 1.21. The largest absolute Gasteiger partial charge is 0.610 e. The first kappa shape index (κ1) is 16.3. The highest BCUT2D eigenvalue weighted by atomic mass is 32.2. The maximum atomic E-state index is 12.3. The first-order chi connectivity index (χ1) is 11.2. The lowest BCUT2D eigenvalue weighted by molar-refractivity contribution is 0.122. The zero-order valence-corrected chi connectivity index (χ0v) is 14.0. The standard InChI is InChI=1S/C14H20N4O4S/c1-20-7-8-23(19)11-9-10-12(15-11)16-14(21-2)17-13(10)18-3-5-22-6-4-18/h9H,3-8H2,1-2H3,(H,15,16,17). The predicted molar refractivity (Wildman–Crippen MR) is 86.6 cm³/mol. The molecule has 0 bridgehead atoms. The lowest BCUT2D eigenvalue weighted by atomic mass is 10.3. The Balaban J connectivity index is 1.98. The highest BCUT2D eigenvalue weighted by Crippen LogP contribution is 2.29. The first-order valence-corrected chi connectivity index (χ1v) is 8.69. The molecule has 3 rings (SSSR count). The van der Waals surface area contributed by atoms with Crippen molar-refractivity contribution in [2.75, 3.05) is 57.8 Å². The lowest BCUT2D eigenvalue weighted by Crippen LogP contribution is -2.36. The number of methoxy groups -OCH3 is 2. The Morgan fingerprint density at radius 1 is 1.35 bits per heavy atom. The summed E-state index contributed by atoms with van der Waals surface area (Å²) in [6.07, 6.45) is 0. The molecular formula is C14H20N4O4S. The average molecular weight is 340 g/mol. The van der Waals surface area contributed by atoms with Crippen LogP contribution in [0.5, 0.6) is 6.01 Å². The van der Waals surface area contributed by atoms with Crippen molar-refractivity contribution >= 4 is 28.0 Å². The van der Waals surface area contributed by atoms with E-state index in [-0.39, 0.29) is 6.01 Å². The van der Waals surface area contributed by atoms with Crippen LogP contribution in [0.4, 0.5) is 5.82 Å². The van der Waals surface area contributed by atoms with E-state index in [1.807, 2.05) is 6.07 Å². The molecule has 0 saturated carbocycles. The second-order valence-electron chi connectivity index (χ2n) is 5.07. The number of H-pyrrole nitrogens is 1. The van der Waals surface area contributed by atoms with E-state index in [0.29, 0.717) is 36.2 Å². The van der Waals surface area contributed by atoms with Gasteiger partial charge in [0.05, 0.1) is 32.3 Å². The molecule has 0 aliphatic carbocycles. The van der Waals surface area contributed by atoms with E-state index in [9.17, 15) is 4.55 Å². The molecule has 3 heterocycles. The van der Waals surface area contributed by atoms with E-state index in [4.69, 9.17) is 14.2 Å². The van der Waals surface area contributed by atoms with Crippen LogP contribution in [0.2, 0.25) is 0 Å². The molecule has 1 unspecified atom stereocenters. The predicted octanol–water partition coefficient (Wildman–Crippen LogP) is 0.557. The third-order valence-electron chi connectivity index (χ3n) is 3.63. The second-order valence-corrected chi connectivity index (χ2v) is 6.61. The normalized spacial score (nSPS) is 16.7. The molecule has 1 saturated heterocycles. The number of hydrogen-bond acceptors (Lipinski definition) is 7. The van der Waals surface area contributed by atoms with E-state index >= 15 is 0 Å². The summed E-state index contributed by atoms with van der Waals surface area (Å²) < 4.78 is 27.9. The number of aromatic nitrogens is 3. The number of nitrogens with zero attached hydrogens (tertiary/aromatic N) is 3. The number of morpholine rings is 1. The Kier molecular flexibility index (Phi) is 5.21. The Morgan fingerprint density at radius 2 is 2.13 bits per heavy atom. The molecule has 2 aromatic rings. The molecule has 1 N–H and O–H groups in total. The topological polar surface area (TPSA) is 95.6 Å². The molecule has 0 radical (unpaired) electrons. The monoisotopic (exact) mass is 340 g/mol. The molecule has 2 aromatic heterocycles. The molecule has 0 aromatic carbocycles. The van der Waals surface area contributed by atoms with Crippen molar-refractivity contribution in [3.8, 4) is 6.01 Å². The van der Waals surface area contributed by atoms with Crippen LogP contribution in [0.3, 0.4) is 0 Å². The van der Waals surface area contributed by atoms with Crippen LogP contribution in [-0.2, 0) is 20.6 Å². The van der Waals surface area contributed by atoms with Gasteiger partial charge in [-0.25, -0.2) is 0 Å². The van der Waals surface area contributed by atoms with Crippen molar-refractivity contribution in [3.63, 3.8) is 0 Å². The molecule has 0 spiro atoms. The van der Waals surface area contributed by atoms with Gasteiger partial charge in [0.15, 0.2) is 5.65 Å². The van der Waals surface area contributed by atoms with Gasteiger partial charge in [-0.1, -0.05) is 0 Å². The number of rotatable bonds is 6. The molecular weight excluding hydrogens is 320 g/mol. The summed E-state index contributed by atoms with van der Waals surface area (Å²) in [6.45, 7) is 3.26. The number of ether oxygens (including phenoxy) is 3. The van der Waals surface area contributed by atoms with Crippen molar-refractivity contribution in [1.82, 2.24) is 15.0 Å². The first-order valence-electron chi connectivity index (χ1n) is 7.37. The van der Waals surface area contributed by atoms with Gasteiger partial charge in [0.2, 0.25) is 5.03 Å². The van der Waals surface area contributed by atoms with Crippen LogP contribution >= 0.6 is 0 Å². The number of aromatic amines is 1. The summed E-state index contributed by atoms with van der Waals surface area (Å²) >= 11 is -1.17. The summed E-state index contributed by atoms with van der Waals surface area (Å²) in [6, 6.07) is 2.14. The van der Waals surface area contributed by atoms with Crippen LogP contribution < -0.4 is 9.64 Å². The lowest BCUT2D eigenvalue weighted by Gasteiger charge is -2.28. The number of hydrogen-bond donors (Lipinski definition) is 1. The minimum absolute atomic E-state index is 0.287. The van der Waals surface area contributed by atoms with Crippen LogP contribution in [0.15, 0.2) is 11.1 Å². The smallest absolute Gasteiger partial charge is 0.320 e. The van der Waals surface area contributed by atoms with Gasteiger partial charge >= 0.3 is 6.01 Å².